The Morgan fingerprint density at radius 2 is 1.91 bits per heavy atom. The van der Waals surface area contributed by atoms with Crippen molar-refractivity contribution >= 4 is 5.91 Å². The van der Waals surface area contributed by atoms with Gasteiger partial charge in [0.25, 0.3) is 0 Å². The van der Waals surface area contributed by atoms with Crippen LogP contribution in [-0.2, 0) is 14.3 Å². The van der Waals surface area contributed by atoms with Crippen molar-refractivity contribution in [2.45, 2.75) is 37.3 Å². The lowest BCUT2D eigenvalue weighted by Crippen LogP contribution is -2.63. The number of hydrogen-bond donors (Lipinski definition) is 1. The molecular weight excluding hydrogens is 282 g/mol. The standard InChI is InChI=1S/C16H29N3O3/c1-18-6-4-16(5-7-18,19-8-11-21-12-9-19)13-17-15(20)14-3-2-10-22-14/h14H,2-13H2,1H3,(H,17,20). The largest absolute Gasteiger partial charge is 0.379 e. The summed E-state index contributed by atoms with van der Waals surface area (Å²) < 4.78 is 11.0. The Bertz CT molecular complexity index is 371. The smallest absolute Gasteiger partial charge is 0.249 e. The molecule has 0 aromatic carbocycles. The van der Waals surface area contributed by atoms with Crippen LogP contribution in [0, 0.1) is 0 Å². The van der Waals surface area contributed by atoms with E-state index >= 15 is 0 Å². The second-order valence-corrected chi connectivity index (χ2v) is 6.85. The quantitative estimate of drug-likeness (QED) is 0.797. The molecule has 3 fully saturated rings. The van der Waals surface area contributed by atoms with E-state index in [4.69, 9.17) is 9.47 Å². The second kappa shape index (κ2) is 7.25. The molecule has 22 heavy (non-hydrogen) atoms. The van der Waals surface area contributed by atoms with Crippen LogP contribution < -0.4 is 5.32 Å². The Kier molecular flexibility index (Phi) is 5.33. The van der Waals surface area contributed by atoms with Gasteiger partial charge in [0.05, 0.1) is 13.2 Å². The number of carbonyl (C=O) groups excluding carboxylic acids is 1. The summed E-state index contributed by atoms with van der Waals surface area (Å²) in [4.78, 5) is 17.2. The van der Waals surface area contributed by atoms with Gasteiger partial charge in [0, 0.05) is 31.8 Å². The molecule has 0 saturated carbocycles. The minimum atomic E-state index is -0.229. The third-order valence-corrected chi connectivity index (χ3v) is 5.41. The summed E-state index contributed by atoms with van der Waals surface area (Å²) in [5.41, 5.74) is 0.0879. The topological polar surface area (TPSA) is 54.0 Å². The molecule has 0 radical (unpaired) electrons. The first-order valence-corrected chi connectivity index (χ1v) is 8.60. The van der Waals surface area contributed by atoms with Crippen LogP contribution >= 0.6 is 0 Å². The molecule has 0 aliphatic carbocycles. The van der Waals surface area contributed by atoms with Gasteiger partial charge < -0.3 is 19.7 Å². The lowest BCUT2D eigenvalue weighted by Gasteiger charge is -2.49. The van der Waals surface area contributed by atoms with Crippen molar-refractivity contribution in [1.29, 1.82) is 0 Å². The number of hydrogen-bond acceptors (Lipinski definition) is 5. The summed E-state index contributed by atoms with van der Waals surface area (Å²) in [6, 6.07) is 0. The van der Waals surface area contributed by atoms with Crippen molar-refractivity contribution in [3.63, 3.8) is 0 Å². The van der Waals surface area contributed by atoms with Crippen molar-refractivity contribution in [3.05, 3.63) is 0 Å². The maximum absolute atomic E-state index is 12.3. The number of piperidine rings is 1. The molecule has 0 bridgehead atoms. The predicted octanol–water partition coefficient (Wildman–Crippen LogP) is 0.0782. The van der Waals surface area contributed by atoms with E-state index in [-0.39, 0.29) is 17.6 Å². The molecule has 6 heteroatoms. The van der Waals surface area contributed by atoms with Gasteiger partial charge in [-0.3, -0.25) is 9.69 Å². The lowest BCUT2D eigenvalue weighted by molar-refractivity contribution is -0.131. The molecule has 6 nitrogen and oxygen atoms in total. The van der Waals surface area contributed by atoms with E-state index in [1.54, 1.807) is 0 Å². The van der Waals surface area contributed by atoms with E-state index in [2.05, 4.69) is 22.2 Å². The SMILES string of the molecule is CN1CCC(CNC(=O)C2CCCO2)(N2CCOCC2)CC1. The summed E-state index contributed by atoms with van der Waals surface area (Å²) in [7, 11) is 2.17. The molecule has 3 aliphatic heterocycles. The normalized spacial score (nSPS) is 30.3. The highest BCUT2D eigenvalue weighted by molar-refractivity contribution is 5.81. The third kappa shape index (κ3) is 3.62. The third-order valence-electron chi connectivity index (χ3n) is 5.41. The van der Waals surface area contributed by atoms with Gasteiger partial charge in [0.2, 0.25) is 5.91 Å². The fourth-order valence-corrected chi connectivity index (χ4v) is 3.83. The summed E-state index contributed by atoms with van der Waals surface area (Å²) >= 11 is 0. The number of amides is 1. The number of rotatable bonds is 4. The Morgan fingerprint density at radius 3 is 2.55 bits per heavy atom. The predicted molar refractivity (Wildman–Crippen MR) is 83.8 cm³/mol. The van der Waals surface area contributed by atoms with Crippen LogP contribution in [0.4, 0.5) is 0 Å². The monoisotopic (exact) mass is 311 g/mol. The van der Waals surface area contributed by atoms with Crippen LogP contribution in [0.5, 0.6) is 0 Å². The maximum atomic E-state index is 12.3. The van der Waals surface area contributed by atoms with E-state index in [1.165, 1.54) is 0 Å². The lowest BCUT2D eigenvalue weighted by atomic mass is 9.85. The zero-order chi connectivity index (χ0) is 15.4. The van der Waals surface area contributed by atoms with Crippen molar-refractivity contribution in [2.75, 3.05) is 59.6 Å². The Morgan fingerprint density at radius 1 is 1.18 bits per heavy atom. The highest BCUT2D eigenvalue weighted by Crippen LogP contribution is 2.29. The maximum Gasteiger partial charge on any atom is 0.249 e. The van der Waals surface area contributed by atoms with Crippen LogP contribution in [0.15, 0.2) is 0 Å². The molecule has 0 aromatic rings. The molecule has 1 N–H and O–H groups in total. The number of ether oxygens (including phenoxy) is 2. The van der Waals surface area contributed by atoms with E-state index in [0.29, 0.717) is 0 Å². The van der Waals surface area contributed by atoms with Crippen molar-refractivity contribution in [2.24, 2.45) is 0 Å². The van der Waals surface area contributed by atoms with E-state index in [9.17, 15) is 4.79 Å². The van der Waals surface area contributed by atoms with Gasteiger partial charge in [0.15, 0.2) is 0 Å². The van der Waals surface area contributed by atoms with Crippen LogP contribution in [0.2, 0.25) is 0 Å². The van der Waals surface area contributed by atoms with Gasteiger partial charge in [0.1, 0.15) is 6.10 Å². The zero-order valence-corrected chi connectivity index (χ0v) is 13.7. The highest BCUT2D eigenvalue weighted by Gasteiger charge is 2.40. The van der Waals surface area contributed by atoms with Crippen LogP contribution in [0.25, 0.3) is 0 Å². The van der Waals surface area contributed by atoms with Crippen molar-refractivity contribution in [3.8, 4) is 0 Å². The molecule has 0 aromatic heterocycles. The first kappa shape index (κ1) is 16.2. The zero-order valence-electron chi connectivity index (χ0n) is 13.7. The number of nitrogens with one attached hydrogen (secondary N) is 1. The van der Waals surface area contributed by atoms with Crippen LogP contribution in [0.1, 0.15) is 25.7 Å². The Labute approximate surface area is 133 Å². The highest BCUT2D eigenvalue weighted by atomic mass is 16.5. The molecule has 3 aliphatic rings. The van der Waals surface area contributed by atoms with Gasteiger partial charge in [-0.05, 0) is 45.8 Å². The van der Waals surface area contributed by atoms with Crippen molar-refractivity contribution in [1.82, 2.24) is 15.1 Å². The molecule has 0 spiro atoms. The molecular formula is C16H29N3O3. The van der Waals surface area contributed by atoms with E-state index in [0.717, 1.165) is 78.2 Å². The summed E-state index contributed by atoms with van der Waals surface area (Å²) in [6.07, 6.45) is 3.84. The summed E-state index contributed by atoms with van der Waals surface area (Å²) in [5, 5.41) is 3.18. The van der Waals surface area contributed by atoms with Gasteiger partial charge in [-0.15, -0.1) is 0 Å². The molecule has 1 atom stereocenters. The first-order chi connectivity index (χ1) is 10.7. The van der Waals surface area contributed by atoms with Gasteiger partial charge in [-0.25, -0.2) is 0 Å². The molecule has 1 amide bonds. The summed E-state index contributed by atoms with van der Waals surface area (Å²) in [6.45, 7) is 7.19. The fraction of sp³-hybridized carbons (Fsp3) is 0.938. The fourth-order valence-electron chi connectivity index (χ4n) is 3.83. The average molecular weight is 311 g/mol. The molecule has 126 valence electrons. The number of nitrogens with zero attached hydrogens (tertiary/aromatic N) is 2. The van der Waals surface area contributed by atoms with E-state index < -0.39 is 0 Å². The van der Waals surface area contributed by atoms with E-state index in [1.807, 2.05) is 0 Å². The number of likely N-dealkylation sites (tertiary alicyclic amines) is 1. The summed E-state index contributed by atoms with van der Waals surface area (Å²) in [5.74, 6) is 0.0732. The van der Waals surface area contributed by atoms with Gasteiger partial charge in [-0.1, -0.05) is 0 Å². The number of carbonyl (C=O) groups is 1. The molecule has 3 heterocycles. The molecule has 3 saturated heterocycles. The van der Waals surface area contributed by atoms with Gasteiger partial charge in [-0.2, -0.15) is 0 Å². The first-order valence-electron chi connectivity index (χ1n) is 8.60. The molecule has 3 rings (SSSR count). The van der Waals surface area contributed by atoms with Crippen molar-refractivity contribution < 1.29 is 14.3 Å². The minimum absolute atomic E-state index is 0.0732. The number of morpholine rings is 1. The average Bonchev–Trinajstić information content (AvgIpc) is 3.10. The van der Waals surface area contributed by atoms with Crippen LogP contribution in [0.3, 0.4) is 0 Å². The Hall–Kier alpha value is -0.690. The molecule has 1 unspecified atom stereocenters. The van der Waals surface area contributed by atoms with Gasteiger partial charge >= 0.3 is 0 Å². The minimum Gasteiger partial charge on any atom is -0.379 e. The Balaban J connectivity index is 1.61. The second-order valence-electron chi connectivity index (χ2n) is 6.85. The van der Waals surface area contributed by atoms with Crippen LogP contribution in [-0.4, -0.2) is 86.9 Å².